The lowest BCUT2D eigenvalue weighted by Gasteiger charge is -2.15. The molecule has 0 saturated carbocycles. The summed E-state index contributed by atoms with van der Waals surface area (Å²) in [5.41, 5.74) is 1.86. The number of ketones is 1. The summed E-state index contributed by atoms with van der Waals surface area (Å²) in [7, 11) is 0. The van der Waals surface area contributed by atoms with E-state index in [1.807, 2.05) is 48.5 Å². The molecule has 5 nitrogen and oxygen atoms in total. The lowest BCUT2D eigenvalue weighted by atomic mass is 9.97. The summed E-state index contributed by atoms with van der Waals surface area (Å²) in [5, 5.41) is 0.879. The maximum absolute atomic E-state index is 15.0. The fourth-order valence-electron chi connectivity index (χ4n) is 5.67. The third-order valence-electron chi connectivity index (χ3n) is 7.87. The number of rotatable bonds is 11. The smallest absolute Gasteiger partial charge is 0.195 e. The van der Waals surface area contributed by atoms with E-state index in [0.717, 1.165) is 65.5 Å². The summed E-state index contributed by atoms with van der Waals surface area (Å²) in [6, 6.07) is 20.4. The number of ether oxygens (including phenoxy) is 2. The largest absolute Gasteiger partial charge is 0.492 e. The van der Waals surface area contributed by atoms with Crippen LogP contribution in [0, 0.1) is 5.82 Å². The molecule has 0 atom stereocenters. The molecule has 1 aromatic heterocycles. The molecule has 0 aliphatic carbocycles. The summed E-state index contributed by atoms with van der Waals surface area (Å²) in [6.07, 6.45) is 4.96. The van der Waals surface area contributed by atoms with Gasteiger partial charge in [0.05, 0.1) is 0 Å². The average molecular weight is 559 g/mol. The number of benzene rings is 3. The molecule has 2 saturated heterocycles. The molecule has 2 aliphatic rings. The van der Waals surface area contributed by atoms with Crippen LogP contribution in [0.3, 0.4) is 0 Å². The van der Waals surface area contributed by atoms with E-state index in [2.05, 4.69) is 9.80 Å². The van der Waals surface area contributed by atoms with E-state index < -0.39 is 5.82 Å². The summed E-state index contributed by atoms with van der Waals surface area (Å²) in [4.78, 5) is 19.5. The van der Waals surface area contributed by atoms with E-state index in [4.69, 9.17) is 9.47 Å². The Morgan fingerprint density at radius 1 is 0.800 bits per heavy atom. The topological polar surface area (TPSA) is 42.0 Å². The number of hydrogen-bond acceptors (Lipinski definition) is 6. The summed E-state index contributed by atoms with van der Waals surface area (Å²) < 4.78 is 27.8. The Hall–Kier alpha value is -3.26. The molecular weight excluding hydrogens is 523 g/mol. The van der Waals surface area contributed by atoms with E-state index in [1.165, 1.54) is 31.7 Å². The van der Waals surface area contributed by atoms with Gasteiger partial charge >= 0.3 is 0 Å². The van der Waals surface area contributed by atoms with E-state index >= 15 is 4.39 Å². The van der Waals surface area contributed by atoms with Crippen molar-refractivity contribution in [2.75, 3.05) is 52.5 Å². The highest BCUT2D eigenvalue weighted by Gasteiger charge is 2.23. The quantitative estimate of drug-likeness (QED) is 0.188. The Bertz CT molecular complexity index is 1460. The Balaban J connectivity index is 1.20. The monoisotopic (exact) mass is 558 g/mol. The molecule has 7 heteroatoms. The van der Waals surface area contributed by atoms with Crippen LogP contribution in [-0.4, -0.2) is 68.1 Å². The molecular formula is C33H35FN2O3S. The minimum Gasteiger partial charge on any atom is -0.492 e. The predicted octanol–water partition coefficient (Wildman–Crippen LogP) is 6.89. The van der Waals surface area contributed by atoms with Crippen molar-refractivity contribution >= 4 is 27.2 Å². The van der Waals surface area contributed by atoms with Crippen molar-refractivity contribution in [1.82, 2.24) is 9.80 Å². The molecule has 0 unspecified atom stereocenters. The molecule has 208 valence electrons. The lowest BCUT2D eigenvalue weighted by Crippen LogP contribution is -2.25. The number of nitrogens with zero attached hydrogens (tertiary/aromatic N) is 2. The first-order valence-corrected chi connectivity index (χ1v) is 15.1. The van der Waals surface area contributed by atoms with E-state index in [9.17, 15) is 4.79 Å². The third-order valence-corrected chi connectivity index (χ3v) is 9.09. The molecule has 4 aromatic rings. The minimum absolute atomic E-state index is 0.187. The van der Waals surface area contributed by atoms with E-state index in [-0.39, 0.29) is 11.5 Å². The van der Waals surface area contributed by atoms with Gasteiger partial charge in [-0.1, -0.05) is 18.2 Å². The van der Waals surface area contributed by atoms with Gasteiger partial charge in [-0.3, -0.25) is 14.6 Å². The number of halogens is 1. The zero-order valence-corrected chi connectivity index (χ0v) is 23.6. The molecule has 0 radical (unpaired) electrons. The van der Waals surface area contributed by atoms with Gasteiger partial charge in [0.1, 0.15) is 19.0 Å². The number of hydrogen-bond donors (Lipinski definition) is 0. The molecule has 0 spiro atoms. The average Bonchev–Trinajstić information content (AvgIpc) is 3.76. The standard InChI is InChI=1S/C33H35FN2O3S/c34-28-23-25(11-14-29(28)39-22-20-36-17-5-6-18-36)32(37)31-27-7-1-2-8-30(27)40-33(31)24-9-12-26(13-10-24)38-21-19-35-15-3-4-16-35/h1-2,7-14,23H,3-6,15-22H2. The van der Waals surface area contributed by atoms with Gasteiger partial charge in [0.25, 0.3) is 0 Å². The van der Waals surface area contributed by atoms with Crippen molar-refractivity contribution < 1.29 is 18.7 Å². The molecule has 0 amide bonds. The molecule has 6 rings (SSSR count). The van der Waals surface area contributed by atoms with Gasteiger partial charge in [0.15, 0.2) is 17.3 Å². The number of likely N-dealkylation sites (tertiary alicyclic amines) is 2. The van der Waals surface area contributed by atoms with Crippen LogP contribution >= 0.6 is 11.3 Å². The fourth-order valence-corrected chi connectivity index (χ4v) is 6.88. The van der Waals surface area contributed by atoms with Gasteiger partial charge in [-0.2, -0.15) is 0 Å². The van der Waals surface area contributed by atoms with Crippen LogP contribution in [0.15, 0.2) is 66.7 Å². The lowest BCUT2D eigenvalue weighted by molar-refractivity contribution is 0.104. The van der Waals surface area contributed by atoms with Gasteiger partial charge in [0.2, 0.25) is 0 Å². The summed E-state index contributed by atoms with van der Waals surface area (Å²) >= 11 is 1.58. The van der Waals surface area contributed by atoms with Gasteiger partial charge in [-0.05, 0) is 106 Å². The van der Waals surface area contributed by atoms with Crippen LogP contribution in [0.5, 0.6) is 11.5 Å². The van der Waals surface area contributed by atoms with Crippen molar-refractivity contribution in [3.8, 4) is 21.9 Å². The van der Waals surface area contributed by atoms with Crippen molar-refractivity contribution in [1.29, 1.82) is 0 Å². The molecule has 2 fully saturated rings. The third kappa shape index (κ3) is 6.07. The predicted molar refractivity (Wildman–Crippen MR) is 159 cm³/mol. The van der Waals surface area contributed by atoms with Crippen LogP contribution in [-0.2, 0) is 0 Å². The maximum atomic E-state index is 15.0. The molecule has 0 N–H and O–H groups in total. The number of fused-ring (bicyclic) bond motifs is 1. The van der Waals surface area contributed by atoms with Crippen LogP contribution in [0.4, 0.5) is 4.39 Å². The van der Waals surface area contributed by atoms with Crippen molar-refractivity contribution in [2.45, 2.75) is 25.7 Å². The van der Waals surface area contributed by atoms with Crippen LogP contribution in [0.2, 0.25) is 0 Å². The van der Waals surface area contributed by atoms with E-state index in [0.29, 0.717) is 24.3 Å². The Morgan fingerprint density at radius 3 is 2.12 bits per heavy atom. The van der Waals surface area contributed by atoms with Crippen LogP contribution in [0.25, 0.3) is 20.5 Å². The van der Waals surface area contributed by atoms with Crippen molar-refractivity contribution in [3.63, 3.8) is 0 Å². The Kier molecular flexibility index (Phi) is 8.42. The number of carbonyl (C=O) groups excluding carboxylic acids is 1. The SMILES string of the molecule is O=C(c1ccc(OCCN2CCCC2)c(F)c1)c1c(-c2ccc(OCCN3CCCC3)cc2)sc2ccccc12. The fraction of sp³-hybridized carbons (Fsp3) is 0.364. The molecule has 40 heavy (non-hydrogen) atoms. The van der Waals surface area contributed by atoms with Crippen LogP contribution < -0.4 is 9.47 Å². The van der Waals surface area contributed by atoms with Gasteiger partial charge in [-0.25, -0.2) is 4.39 Å². The molecule has 0 bridgehead atoms. The minimum atomic E-state index is -0.510. The second kappa shape index (κ2) is 12.5. The summed E-state index contributed by atoms with van der Waals surface area (Å²) in [6.45, 7) is 7.28. The van der Waals surface area contributed by atoms with Crippen molar-refractivity contribution in [3.05, 3.63) is 83.7 Å². The maximum Gasteiger partial charge on any atom is 0.195 e. The van der Waals surface area contributed by atoms with E-state index in [1.54, 1.807) is 23.5 Å². The van der Waals surface area contributed by atoms with Crippen molar-refractivity contribution in [2.24, 2.45) is 0 Å². The van der Waals surface area contributed by atoms with Gasteiger partial charge < -0.3 is 9.47 Å². The number of thiophene rings is 1. The first-order valence-electron chi connectivity index (χ1n) is 14.3. The second-order valence-corrected chi connectivity index (χ2v) is 11.6. The van der Waals surface area contributed by atoms with Gasteiger partial charge in [-0.15, -0.1) is 11.3 Å². The zero-order valence-electron chi connectivity index (χ0n) is 22.7. The second-order valence-electron chi connectivity index (χ2n) is 10.6. The van der Waals surface area contributed by atoms with Gasteiger partial charge in [0, 0.05) is 39.2 Å². The first-order chi connectivity index (χ1) is 19.7. The molecule has 2 aliphatic heterocycles. The highest BCUT2D eigenvalue weighted by Crippen LogP contribution is 2.40. The Morgan fingerprint density at radius 2 is 1.45 bits per heavy atom. The number of carbonyl (C=O) groups is 1. The zero-order chi connectivity index (χ0) is 27.3. The highest BCUT2D eigenvalue weighted by atomic mass is 32.1. The molecule has 3 aromatic carbocycles. The van der Waals surface area contributed by atoms with Crippen LogP contribution in [0.1, 0.15) is 41.6 Å². The summed E-state index contributed by atoms with van der Waals surface area (Å²) in [5.74, 6) is 0.301. The highest BCUT2D eigenvalue weighted by molar-refractivity contribution is 7.22. The molecule has 3 heterocycles. The first kappa shape index (κ1) is 26.9. The Labute approximate surface area is 239 Å². The normalized spacial score (nSPS) is 16.1.